The molecule has 0 aromatic heterocycles. The van der Waals surface area contributed by atoms with Crippen LogP contribution in [0, 0.1) is 5.82 Å². The minimum absolute atomic E-state index is 0.0136. The number of rotatable bonds is 7. The zero-order chi connectivity index (χ0) is 26.5. The van der Waals surface area contributed by atoms with Gasteiger partial charge in [-0.25, -0.2) is 4.39 Å². The van der Waals surface area contributed by atoms with Crippen molar-refractivity contribution in [1.82, 2.24) is 14.7 Å². The first kappa shape index (κ1) is 27.9. The van der Waals surface area contributed by atoms with Crippen molar-refractivity contribution in [2.45, 2.75) is 69.2 Å². The van der Waals surface area contributed by atoms with Crippen LogP contribution >= 0.6 is 23.2 Å². The van der Waals surface area contributed by atoms with Crippen LogP contribution in [-0.2, 0) is 16.6 Å². The molecule has 1 amide bonds. The standard InChI is InChI=1S/C31H40Cl2FN3O/c32-25-8-4-7-24(21-25)31(14-16-35-17-19-36(20-18-35)26-9-2-1-3-10-26)13-6-15-37(23-31)30(38)22-27-28(33)11-5-12-29(27)34/h4-5,7-8,11-12,21,26H,1-3,6,9-10,13-20,22-23H2. The minimum atomic E-state index is -0.420. The number of carbonyl (C=O) groups excluding carboxylic acids is 1. The number of halogens is 3. The molecule has 0 spiro atoms. The van der Waals surface area contributed by atoms with Crippen LogP contribution in [-0.4, -0.2) is 72.5 Å². The molecule has 2 aliphatic heterocycles. The van der Waals surface area contributed by atoms with Crippen LogP contribution in [0.4, 0.5) is 4.39 Å². The van der Waals surface area contributed by atoms with Gasteiger partial charge in [-0.1, -0.05) is 60.7 Å². The molecule has 7 heteroatoms. The fourth-order valence-electron chi connectivity index (χ4n) is 6.88. The van der Waals surface area contributed by atoms with Gasteiger partial charge in [0.25, 0.3) is 0 Å². The Balaban J connectivity index is 1.27. The predicted molar refractivity (Wildman–Crippen MR) is 154 cm³/mol. The van der Waals surface area contributed by atoms with Crippen molar-refractivity contribution in [3.8, 4) is 0 Å². The number of carbonyl (C=O) groups is 1. The Hall–Kier alpha value is -1.66. The van der Waals surface area contributed by atoms with E-state index in [9.17, 15) is 9.18 Å². The molecule has 4 nitrogen and oxygen atoms in total. The Morgan fingerprint density at radius 1 is 0.947 bits per heavy atom. The topological polar surface area (TPSA) is 26.8 Å². The van der Waals surface area contributed by atoms with E-state index in [1.54, 1.807) is 12.1 Å². The number of amides is 1. The summed E-state index contributed by atoms with van der Waals surface area (Å²) in [5.74, 6) is -0.486. The second kappa shape index (κ2) is 12.7. The van der Waals surface area contributed by atoms with Crippen molar-refractivity contribution in [2.24, 2.45) is 0 Å². The maximum atomic E-state index is 14.4. The molecule has 0 radical (unpaired) electrons. The van der Waals surface area contributed by atoms with Gasteiger partial charge in [-0.2, -0.15) is 0 Å². The zero-order valence-electron chi connectivity index (χ0n) is 22.3. The lowest BCUT2D eigenvalue weighted by Crippen LogP contribution is -2.53. The predicted octanol–water partition coefficient (Wildman–Crippen LogP) is 6.58. The lowest BCUT2D eigenvalue weighted by atomic mass is 9.71. The highest BCUT2D eigenvalue weighted by Crippen LogP contribution is 2.39. The monoisotopic (exact) mass is 559 g/mol. The van der Waals surface area contributed by atoms with Gasteiger partial charge in [0, 0.05) is 66.3 Å². The van der Waals surface area contributed by atoms with Gasteiger partial charge in [0.15, 0.2) is 0 Å². The van der Waals surface area contributed by atoms with Gasteiger partial charge in [0.05, 0.1) is 6.42 Å². The average Bonchev–Trinajstić information content (AvgIpc) is 2.95. The van der Waals surface area contributed by atoms with E-state index < -0.39 is 5.82 Å². The van der Waals surface area contributed by atoms with Crippen molar-refractivity contribution in [3.63, 3.8) is 0 Å². The molecular weight excluding hydrogens is 520 g/mol. The first-order chi connectivity index (χ1) is 18.4. The van der Waals surface area contributed by atoms with Crippen molar-refractivity contribution >= 4 is 29.1 Å². The van der Waals surface area contributed by atoms with Crippen LogP contribution in [0.3, 0.4) is 0 Å². The number of hydrogen-bond acceptors (Lipinski definition) is 3. The molecule has 1 unspecified atom stereocenters. The zero-order valence-corrected chi connectivity index (χ0v) is 23.8. The van der Waals surface area contributed by atoms with E-state index in [4.69, 9.17) is 23.2 Å². The Morgan fingerprint density at radius 3 is 2.45 bits per heavy atom. The summed E-state index contributed by atoms with van der Waals surface area (Å²) in [6.07, 6.45) is 9.77. The van der Waals surface area contributed by atoms with E-state index in [1.807, 2.05) is 17.0 Å². The Morgan fingerprint density at radius 2 is 1.71 bits per heavy atom. The first-order valence-electron chi connectivity index (χ1n) is 14.4. The van der Waals surface area contributed by atoms with Gasteiger partial charge in [-0.05, 0) is 68.5 Å². The normalized spacial score (nSPS) is 24.0. The van der Waals surface area contributed by atoms with Crippen molar-refractivity contribution in [2.75, 3.05) is 45.8 Å². The summed E-state index contributed by atoms with van der Waals surface area (Å²) in [6.45, 7) is 6.85. The van der Waals surface area contributed by atoms with E-state index in [0.29, 0.717) is 18.1 Å². The molecule has 1 atom stereocenters. The molecule has 38 heavy (non-hydrogen) atoms. The summed E-state index contributed by atoms with van der Waals surface area (Å²) in [5, 5.41) is 1.04. The number of likely N-dealkylation sites (tertiary alicyclic amines) is 1. The molecule has 206 valence electrons. The van der Waals surface area contributed by atoms with Crippen LogP contribution < -0.4 is 0 Å². The highest BCUT2D eigenvalue weighted by molar-refractivity contribution is 6.31. The van der Waals surface area contributed by atoms with Crippen LogP contribution in [0.2, 0.25) is 10.0 Å². The highest BCUT2D eigenvalue weighted by atomic mass is 35.5. The van der Waals surface area contributed by atoms with Crippen molar-refractivity contribution in [3.05, 3.63) is 69.5 Å². The Kier molecular flexibility index (Phi) is 9.30. The number of hydrogen-bond donors (Lipinski definition) is 0. The molecular formula is C31H40Cl2FN3O. The van der Waals surface area contributed by atoms with Crippen LogP contribution in [0.25, 0.3) is 0 Å². The molecule has 3 fully saturated rings. The summed E-state index contributed by atoms with van der Waals surface area (Å²) in [6, 6.07) is 13.5. The summed E-state index contributed by atoms with van der Waals surface area (Å²) in [4.78, 5) is 20.7. The van der Waals surface area contributed by atoms with Crippen molar-refractivity contribution in [1.29, 1.82) is 0 Å². The van der Waals surface area contributed by atoms with Gasteiger partial charge in [-0.3, -0.25) is 9.69 Å². The maximum Gasteiger partial charge on any atom is 0.227 e. The molecule has 2 aromatic rings. The third-order valence-electron chi connectivity index (χ3n) is 9.16. The Bertz CT molecular complexity index is 1080. The van der Waals surface area contributed by atoms with Gasteiger partial charge < -0.3 is 9.80 Å². The second-order valence-corrected chi connectivity index (χ2v) is 12.3. The van der Waals surface area contributed by atoms with E-state index >= 15 is 0 Å². The summed E-state index contributed by atoms with van der Waals surface area (Å²) >= 11 is 12.7. The molecule has 0 N–H and O–H groups in total. The summed E-state index contributed by atoms with van der Waals surface area (Å²) in [7, 11) is 0. The van der Waals surface area contributed by atoms with Gasteiger partial charge >= 0.3 is 0 Å². The van der Waals surface area contributed by atoms with Crippen LogP contribution in [0.1, 0.15) is 62.5 Å². The number of nitrogens with zero attached hydrogens (tertiary/aromatic N) is 3. The lowest BCUT2D eigenvalue weighted by Gasteiger charge is -2.46. The molecule has 2 heterocycles. The van der Waals surface area contributed by atoms with Crippen LogP contribution in [0.15, 0.2) is 42.5 Å². The van der Waals surface area contributed by atoms with Gasteiger partial charge in [0.1, 0.15) is 5.82 Å². The van der Waals surface area contributed by atoms with E-state index in [1.165, 1.54) is 43.7 Å². The van der Waals surface area contributed by atoms with E-state index in [-0.39, 0.29) is 23.3 Å². The third-order valence-corrected chi connectivity index (χ3v) is 9.75. The number of piperazine rings is 1. The smallest absolute Gasteiger partial charge is 0.227 e. The van der Waals surface area contributed by atoms with Gasteiger partial charge in [-0.15, -0.1) is 0 Å². The fourth-order valence-corrected chi connectivity index (χ4v) is 7.30. The number of benzene rings is 2. The SMILES string of the molecule is O=C(Cc1c(F)cccc1Cl)N1CCCC(CCN2CCN(C3CCCCC3)CC2)(c2cccc(Cl)c2)C1. The second-order valence-electron chi connectivity index (χ2n) is 11.5. The fraction of sp³-hybridized carbons (Fsp3) is 0.581. The Labute approximate surface area is 237 Å². The van der Waals surface area contributed by atoms with Crippen LogP contribution in [0.5, 0.6) is 0 Å². The summed E-state index contributed by atoms with van der Waals surface area (Å²) in [5.41, 5.74) is 1.32. The van der Waals surface area contributed by atoms with E-state index in [0.717, 1.165) is 63.1 Å². The molecule has 0 bridgehead atoms. The highest BCUT2D eigenvalue weighted by Gasteiger charge is 2.39. The first-order valence-corrected chi connectivity index (χ1v) is 15.1. The molecule has 3 aliphatic rings. The van der Waals surface area contributed by atoms with Gasteiger partial charge in [0.2, 0.25) is 5.91 Å². The maximum absolute atomic E-state index is 14.4. The third kappa shape index (κ3) is 6.55. The lowest BCUT2D eigenvalue weighted by molar-refractivity contribution is -0.133. The average molecular weight is 561 g/mol. The largest absolute Gasteiger partial charge is 0.342 e. The minimum Gasteiger partial charge on any atom is -0.342 e. The van der Waals surface area contributed by atoms with E-state index in [2.05, 4.69) is 21.9 Å². The molecule has 5 rings (SSSR count). The molecule has 1 aliphatic carbocycles. The number of piperidine rings is 1. The molecule has 2 aromatic carbocycles. The molecule has 2 saturated heterocycles. The quantitative estimate of drug-likeness (QED) is 0.383. The summed E-state index contributed by atoms with van der Waals surface area (Å²) < 4.78 is 14.4. The van der Waals surface area contributed by atoms with Crippen molar-refractivity contribution < 1.29 is 9.18 Å². The molecule has 1 saturated carbocycles.